The topological polar surface area (TPSA) is 81.9 Å². The molecular weight excluding hydrogens is 374 g/mol. The number of rotatable bonds is 6. The van der Waals surface area contributed by atoms with Crippen LogP contribution in [0.5, 0.6) is 5.75 Å². The molecule has 0 aliphatic rings. The zero-order valence-electron chi connectivity index (χ0n) is 14.1. The Morgan fingerprint density at radius 2 is 2.04 bits per heavy atom. The summed E-state index contributed by atoms with van der Waals surface area (Å²) in [6.07, 6.45) is 0. The molecule has 1 heterocycles. The van der Waals surface area contributed by atoms with Gasteiger partial charge in [0.15, 0.2) is 0 Å². The minimum Gasteiger partial charge on any atom is -0.495 e. The maximum atomic E-state index is 12.9. The van der Waals surface area contributed by atoms with Crippen molar-refractivity contribution in [1.82, 2.24) is 20.2 Å². The smallest absolute Gasteiger partial charge is 0.242 e. The van der Waals surface area contributed by atoms with Gasteiger partial charge in [-0.1, -0.05) is 53.7 Å². The van der Waals surface area contributed by atoms with Crippen molar-refractivity contribution in [2.24, 2.45) is 7.05 Å². The van der Waals surface area contributed by atoms with Gasteiger partial charge in [-0.3, -0.25) is 4.79 Å². The van der Waals surface area contributed by atoms with E-state index in [0.717, 1.165) is 5.56 Å². The monoisotopic (exact) mass is 389 g/mol. The summed E-state index contributed by atoms with van der Waals surface area (Å²) in [6, 6.07) is 14.5. The van der Waals surface area contributed by atoms with Crippen molar-refractivity contribution < 1.29 is 9.53 Å². The van der Waals surface area contributed by atoms with Crippen LogP contribution in [0.25, 0.3) is 0 Å². The van der Waals surface area contributed by atoms with Crippen molar-refractivity contribution in [2.45, 2.75) is 10.4 Å². The number of ether oxygens (including phenoxy) is 1. The quantitative estimate of drug-likeness (QED) is 0.651. The van der Waals surface area contributed by atoms with Crippen LogP contribution in [0, 0.1) is 0 Å². The second-order valence-corrected chi connectivity index (χ2v) is 6.81. The Labute approximate surface area is 159 Å². The fourth-order valence-electron chi connectivity index (χ4n) is 2.28. The van der Waals surface area contributed by atoms with Gasteiger partial charge in [-0.15, -0.1) is 5.10 Å². The molecule has 134 valence electrons. The molecule has 0 saturated heterocycles. The number of anilines is 1. The highest BCUT2D eigenvalue weighted by molar-refractivity contribution is 8.00. The standard InChI is InChI=1S/C17H16ClN5O2S/c1-23-17(20-21-22-23)26-15(11-6-4-3-5-7-11)16(24)19-12-8-9-14(25-2)13(18)10-12/h3-10,15H,1-2H3,(H,19,24)/t15-/m0/s1. The minimum atomic E-state index is -0.526. The maximum absolute atomic E-state index is 12.9. The number of hydrogen-bond donors (Lipinski definition) is 1. The van der Waals surface area contributed by atoms with Crippen LogP contribution in [0.15, 0.2) is 53.7 Å². The Bertz CT molecular complexity index is 903. The molecule has 1 atom stereocenters. The first-order chi connectivity index (χ1) is 12.6. The number of carbonyl (C=O) groups excluding carboxylic acids is 1. The number of tetrazole rings is 1. The lowest BCUT2D eigenvalue weighted by Crippen LogP contribution is -2.19. The number of benzene rings is 2. The summed E-state index contributed by atoms with van der Waals surface area (Å²) in [5.74, 6) is 0.342. The lowest BCUT2D eigenvalue weighted by Gasteiger charge is -2.16. The zero-order chi connectivity index (χ0) is 18.5. The third kappa shape index (κ3) is 4.14. The number of amides is 1. The van der Waals surface area contributed by atoms with Crippen LogP contribution in [0.3, 0.4) is 0 Å². The molecule has 3 aromatic rings. The number of nitrogens with one attached hydrogen (secondary N) is 1. The molecule has 7 nitrogen and oxygen atoms in total. The van der Waals surface area contributed by atoms with Gasteiger partial charge in [0.25, 0.3) is 0 Å². The van der Waals surface area contributed by atoms with Gasteiger partial charge < -0.3 is 10.1 Å². The molecule has 0 spiro atoms. The van der Waals surface area contributed by atoms with E-state index in [2.05, 4.69) is 20.8 Å². The zero-order valence-corrected chi connectivity index (χ0v) is 15.7. The lowest BCUT2D eigenvalue weighted by molar-refractivity contribution is -0.115. The SMILES string of the molecule is COc1ccc(NC(=O)[C@@H](Sc2nnnn2C)c2ccccc2)cc1Cl. The van der Waals surface area contributed by atoms with Gasteiger partial charge in [0.05, 0.1) is 12.1 Å². The molecule has 0 saturated carbocycles. The van der Waals surface area contributed by atoms with Gasteiger partial charge >= 0.3 is 0 Å². The van der Waals surface area contributed by atoms with E-state index in [1.165, 1.54) is 23.6 Å². The number of aromatic nitrogens is 4. The summed E-state index contributed by atoms with van der Waals surface area (Å²) in [6.45, 7) is 0. The van der Waals surface area contributed by atoms with Crippen molar-refractivity contribution in [2.75, 3.05) is 12.4 Å². The van der Waals surface area contributed by atoms with E-state index < -0.39 is 5.25 Å². The number of nitrogens with zero attached hydrogens (tertiary/aromatic N) is 4. The van der Waals surface area contributed by atoms with Crippen molar-refractivity contribution in [3.05, 3.63) is 59.1 Å². The van der Waals surface area contributed by atoms with Crippen molar-refractivity contribution in [3.8, 4) is 5.75 Å². The van der Waals surface area contributed by atoms with E-state index in [9.17, 15) is 4.79 Å². The second-order valence-electron chi connectivity index (χ2n) is 5.33. The first-order valence-electron chi connectivity index (χ1n) is 7.67. The largest absolute Gasteiger partial charge is 0.495 e. The number of aryl methyl sites for hydroxylation is 1. The van der Waals surface area contributed by atoms with E-state index >= 15 is 0 Å². The van der Waals surface area contributed by atoms with Gasteiger partial charge in [0.1, 0.15) is 11.0 Å². The molecule has 0 aliphatic heterocycles. The fraction of sp³-hybridized carbons (Fsp3) is 0.176. The summed E-state index contributed by atoms with van der Waals surface area (Å²) in [7, 11) is 3.27. The van der Waals surface area contributed by atoms with Crippen LogP contribution in [-0.4, -0.2) is 33.2 Å². The number of carbonyl (C=O) groups is 1. The molecule has 1 aromatic heterocycles. The molecule has 0 fully saturated rings. The Morgan fingerprint density at radius 1 is 1.27 bits per heavy atom. The molecular formula is C17H16ClN5O2S. The fourth-order valence-corrected chi connectivity index (χ4v) is 3.48. The summed E-state index contributed by atoms with van der Waals surface area (Å²) < 4.78 is 6.66. The molecule has 0 bridgehead atoms. The van der Waals surface area contributed by atoms with Crippen LogP contribution in [-0.2, 0) is 11.8 Å². The first kappa shape index (κ1) is 18.2. The van der Waals surface area contributed by atoms with E-state index in [4.69, 9.17) is 16.3 Å². The Balaban J connectivity index is 1.85. The Kier molecular flexibility index (Phi) is 5.75. The average molecular weight is 390 g/mol. The first-order valence-corrected chi connectivity index (χ1v) is 8.92. The van der Waals surface area contributed by atoms with E-state index in [1.54, 1.807) is 25.2 Å². The predicted octanol–water partition coefficient (Wildman–Crippen LogP) is 3.34. The lowest BCUT2D eigenvalue weighted by atomic mass is 10.1. The van der Waals surface area contributed by atoms with Gasteiger partial charge in [-0.25, -0.2) is 4.68 Å². The molecule has 0 radical (unpaired) electrons. The van der Waals surface area contributed by atoms with Crippen molar-refractivity contribution in [1.29, 1.82) is 0 Å². The Morgan fingerprint density at radius 3 is 2.65 bits per heavy atom. The van der Waals surface area contributed by atoms with Crippen LogP contribution in [0.1, 0.15) is 10.8 Å². The minimum absolute atomic E-state index is 0.203. The van der Waals surface area contributed by atoms with Crippen LogP contribution < -0.4 is 10.1 Å². The molecule has 1 amide bonds. The molecule has 9 heteroatoms. The third-order valence-electron chi connectivity index (χ3n) is 3.56. The number of methoxy groups -OCH3 is 1. The van der Waals surface area contributed by atoms with Gasteiger partial charge in [0.2, 0.25) is 11.1 Å². The number of hydrogen-bond acceptors (Lipinski definition) is 6. The van der Waals surface area contributed by atoms with Crippen LogP contribution in [0.4, 0.5) is 5.69 Å². The summed E-state index contributed by atoms with van der Waals surface area (Å²) in [4.78, 5) is 12.9. The van der Waals surface area contributed by atoms with Gasteiger partial charge in [-0.05, 0) is 34.2 Å². The van der Waals surface area contributed by atoms with Gasteiger partial charge in [0, 0.05) is 12.7 Å². The average Bonchev–Trinajstić information content (AvgIpc) is 3.05. The highest BCUT2D eigenvalue weighted by atomic mass is 35.5. The van der Waals surface area contributed by atoms with Gasteiger partial charge in [-0.2, -0.15) is 0 Å². The molecule has 1 N–H and O–H groups in total. The molecule has 0 unspecified atom stereocenters. The third-order valence-corrected chi connectivity index (χ3v) is 5.14. The number of thioether (sulfide) groups is 1. The summed E-state index contributed by atoms with van der Waals surface area (Å²) in [5.41, 5.74) is 1.43. The van der Waals surface area contributed by atoms with E-state index in [-0.39, 0.29) is 5.91 Å². The molecule has 26 heavy (non-hydrogen) atoms. The molecule has 0 aliphatic carbocycles. The normalized spacial score (nSPS) is 11.8. The highest BCUT2D eigenvalue weighted by Crippen LogP contribution is 2.35. The van der Waals surface area contributed by atoms with Crippen LogP contribution in [0.2, 0.25) is 5.02 Å². The number of halogens is 1. The summed E-state index contributed by atoms with van der Waals surface area (Å²) in [5, 5.41) is 14.7. The maximum Gasteiger partial charge on any atom is 0.242 e. The molecule has 2 aromatic carbocycles. The van der Waals surface area contributed by atoms with Crippen molar-refractivity contribution >= 4 is 35.0 Å². The predicted molar refractivity (Wildman–Crippen MR) is 100 cm³/mol. The Hall–Kier alpha value is -2.58. The second kappa shape index (κ2) is 8.20. The van der Waals surface area contributed by atoms with Crippen molar-refractivity contribution in [3.63, 3.8) is 0 Å². The highest BCUT2D eigenvalue weighted by Gasteiger charge is 2.24. The van der Waals surface area contributed by atoms with Crippen LogP contribution >= 0.6 is 23.4 Å². The van der Waals surface area contributed by atoms with E-state index in [0.29, 0.717) is 21.6 Å². The molecule has 3 rings (SSSR count). The summed E-state index contributed by atoms with van der Waals surface area (Å²) >= 11 is 7.41. The van der Waals surface area contributed by atoms with E-state index in [1.807, 2.05) is 30.3 Å².